The number of rotatable bonds is 8. The van der Waals surface area contributed by atoms with Crippen molar-refractivity contribution in [1.29, 1.82) is 0 Å². The molecule has 21 heavy (non-hydrogen) atoms. The molecule has 1 aromatic heterocycles. The predicted molar refractivity (Wildman–Crippen MR) is 93.0 cm³/mol. The van der Waals surface area contributed by atoms with E-state index in [0.717, 1.165) is 12.8 Å². The van der Waals surface area contributed by atoms with Gasteiger partial charge in [0, 0.05) is 11.6 Å². The molecule has 2 rings (SSSR count). The topological polar surface area (TPSA) is 12.9 Å². The van der Waals surface area contributed by atoms with E-state index in [1.165, 1.54) is 66.1 Å². The molecule has 0 aliphatic heterocycles. The van der Waals surface area contributed by atoms with Crippen molar-refractivity contribution in [1.82, 2.24) is 4.98 Å². The lowest BCUT2D eigenvalue weighted by atomic mass is 9.98. The molecule has 114 valence electrons. The molecule has 0 aliphatic carbocycles. The van der Waals surface area contributed by atoms with Gasteiger partial charge >= 0.3 is 0 Å². The third-order valence-corrected chi connectivity index (χ3v) is 4.11. The van der Waals surface area contributed by atoms with Gasteiger partial charge in [0.25, 0.3) is 0 Å². The van der Waals surface area contributed by atoms with Crippen LogP contribution in [-0.4, -0.2) is 4.98 Å². The maximum atomic E-state index is 4.78. The quantitative estimate of drug-likeness (QED) is 0.552. The smallest absolute Gasteiger partial charge is 0.0734 e. The van der Waals surface area contributed by atoms with Gasteiger partial charge in [-0.1, -0.05) is 52.5 Å². The van der Waals surface area contributed by atoms with Crippen molar-refractivity contribution in [3.8, 4) is 0 Å². The summed E-state index contributed by atoms with van der Waals surface area (Å²) in [6.07, 6.45) is 11.8. The van der Waals surface area contributed by atoms with Gasteiger partial charge in [-0.2, -0.15) is 0 Å². The second-order valence-electron chi connectivity index (χ2n) is 6.13. The molecule has 0 unspecified atom stereocenters. The number of benzene rings is 1. The van der Waals surface area contributed by atoms with Crippen molar-refractivity contribution in [3.05, 3.63) is 41.1 Å². The molecule has 1 heteroatoms. The Kier molecular flexibility index (Phi) is 6.22. The summed E-state index contributed by atoms with van der Waals surface area (Å²) in [6, 6.07) is 7.10. The first-order chi connectivity index (χ1) is 10.3. The Bertz CT molecular complexity index is 571. The number of aryl methyl sites for hydroxylation is 3. The summed E-state index contributed by atoms with van der Waals surface area (Å²) in [5.41, 5.74) is 5.52. The third-order valence-electron chi connectivity index (χ3n) is 4.11. The van der Waals surface area contributed by atoms with Gasteiger partial charge < -0.3 is 0 Å². The Hall–Kier alpha value is -1.37. The van der Waals surface area contributed by atoms with E-state index in [9.17, 15) is 0 Å². The Morgan fingerprint density at radius 3 is 2.24 bits per heavy atom. The minimum absolute atomic E-state index is 1.14. The number of fused-ring (bicyclic) bond motifs is 1. The van der Waals surface area contributed by atoms with Crippen molar-refractivity contribution in [2.24, 2.45) is 0 Å². The van der Waals surface area contributed by atoms with Gasteiger partial charge in [0.1, 0.15) is 0 Å². The van der Waals surface area contributed by atoms with E-state index in [1.807, 2.05) is 0 Å². The first-order valence-corrected chi connectivity index (χ1v) is 8.68. The van der Waals surface area contributed by atoms with Crippen LogP contribution in [0.4, 0.5) is 0 Å². The van der Waals surface area contributed by atoms with Crippen LogP contribution in [0.15, 0.2) is 24.4 Å². The first-order valence-electron chi connectivity index (χ1n) is 8.68. The van der Waals surface area contributed by atoms with E-state index in [-0.39, 0.29) is 0 Å². The van der Waals surface area contributed by atoms with Gasteiger partial charge in [0.2, 0.25) is 0 Å². The van der Waals surface area contributed by atoms with E-state index in [0.29, 0.717) is 0 Å². The summed E-state index contributed by atoms with van der Waals surface area (Å²) in [5.74, 6) is 0. The molecule has 0 bridgehead atoms. The van der Waals surface area contributed by atoms with E-state index in [4.69, 9.17) is 4.98 Å². The second kappa shape index (κ2) is 8.17. The molecule has 1 aromatic carbocycles. The maximum absolute atomic E-state index is 4.78. The van der Waals surface area contributed by atoms with Crippen molar-refractivity contribution < 1.29 is 0 Å². The Morgan fingerprint density at radius 1 is 0.762 bits per heavy atom. The minimum Gasteiger partial charge on any atom is -0.256 e. The zero-order chi connectivity index (χ0) is 15.1. The molecule has 0 spiro atoms. The fraction of sp³-hybridized carbons (Fsp3) is 0.550. The van der Waals surface area contributed by atoms with Crippen LogP contribution >= 0.6 is 0 Å². The normalized spacial score (nSPS) is 11.2. The molecule has 0 saturated heterocycles. The van der Waals surface area contributed by atoms with Crippen molar-refractivity contribution in [2.75, 3.05) is 0 Å². The minimum atomic E-state index is 1.14. The number of hydrogen-bond donors (Lipinski definition) is 0. The van der Waals surface area contributed by atoms with Crippen LogP contribution in [0.1, 0.15) is 69.6 Å². The highest BCUT2D eigenvalue weighted by Crippen LogP contribution is 2.23. The summed E-state index contributed by atoms with van der Waals surface area (Å²) in [5, 5.41) is 1.35. The molecule has 0 saturated carbocycles. The van der Waals surface area contributed by atoms with Gasteiger partial charge in [0.15, 0.2) is 0 Å². The standard InChI is InChI=1S/C20H29N/c1-4-7-8-11-17-14-19-13-16(9-5-2)12-18(10-6-3)20(19)21-15-17/h12-15H,4-11H2,1-3H3. The van der Waals surface area contributed by atoms with Crippen molar-refractivity contribution in [2.45, 2.75) is 72.1 Å². The Balaban J connectivity index is 2.34. The van der Waals surface area contributed by atoms with E-state index >= 15 is 0 Å². The molecule has 0 aliphatic rings. The van der Waals surface area contributed by atoms with Crippen LogP contribution in [0.3, 0.4) is 0 Å². The van der Waals surface area contributed by atoms with Crippen molar-refractivity contribution >= 4 is 10.9 Å². The highest BCUT2D eigenvalue weighted by atomic mass is 14.7. The summed E-state index contributed by atoms with van der Waals surface area (Å²) in [7, 11) is 0. The van der Waals surface area contributed by atoms with Gasteiger partial charge in [-0.15, -0.1) is 0 Å². The fourth-order valence-electron chi connectivity index (χ4n) is 3.05. The van der Waals surface area contributed by atoms with Gasteiger partial charge in [0.05, 0.1) is 5.52 Å². The summed E-state index contributed by atoms with van der Waals surface area (Å²) in [6.45, 7) is 6.76. The molecular weight excluding hydrogens is 254 g/mol. The number of unbranched alkanes of at least 4 members (excludes halogenated alkanes) is 2. The maximum Gasteiger partial charge on any atom is 0.0734 e. The summed E-state index contributed by atoms with van der Waals surface area (Å²) in [4.78, 5) is 4.78. The zero-order valence-electron chi connectivity index (χ0n) is 13.9. The number of aromatic nitrogens is 1. The Labute approximate surface area is 129 Å². The number of nitrogens with zero attached hydrogens (tertiary/aromatic N) is 1. The lowest BCUT2D eigenvalue weighted by molar-refractivity contribution is 0.716. The molecule has 0 fully saturated rings. The monoisotopic (exact) mass is 283 g/mol. The van der Waals surface area contributed by atoms with Gasteiger partial charge in [-0.25, -0.2) is 0 Å². The van der Waals surface area contributed by atoms with Crippen LogP contribution in [0.25, 0.3) is 10.9 Å². The third kappa shape index (κ3) is 4.30. The molecule has 0 amide bonds. The Morgan fingerprint density at radius 2 is 1.52 bits per heavy atom. The lowest BCUT2D eigenvalue weighted by Crippen LogP contribution is -1.95. The highest BCUT2D eigenvalue weighted by molar-refractivity contribution is 5.83. The van der Waals surface area contributed by atoms with Crippen LogP contribution in [0.5, 0.6) is 0 Å². The highest BCUT2D eigenvalue weighted by Gasteiger charge is 2.06. The zero-order valence-corrected chi connectivity index (χ0v) is 13.9. The van der Waals surface area contributed by atoms with Crippen molar-refractivity contribution in [3.63, 3.8) is 0 Å². The molecular formula is C20H29N. The van der Waals surface area contributed by atoms with E-state index < -0.39 is 0 Å². The van der Waals surface area contributed by atoms with Crippen LogP contribution in [0.2, 0.25) is 0 Å². The summed E-state index contributed by atoms with van der Waals surface area (Å²) >= 11 is 0. The SMILES string of the molecule is CCCCCc1cnc2c(CCC)cc(CCC)cc2c1. The fourth-order valence-corrected chi connectivity index (χ4v) is 3.05. The lowest BCUT2D eigenvalue weighted by Gasteiger charge is -2.10. The molecule has 1 nitrogen and oxygen atoms in total. The van der Waals surface area contributed by atoms with Gasteiger partial charge in [-0.05, 0) is 54.5 Å². The number of pyridine rings is 1. The average molecular weight is 283 g/mol. The average Bonchev–Trinajstić information content (AvgIpc) is 2.48. The van der Waals surface area contributed by atoms with E-state index in [2.05, 4.69) is 45.2 Å². The predicted octanol–water partition coefficient (Wildman–Crippen LogP) is 5.87. The van der Waals surface area contributed by atoms with Crippen LogP contribution < -0.4 is 0 Å². The molecule has 0 radical (unpaired) electrons. The largest absolute Gasteiger partial charge is 0.256 e. The number of hydrogen-bond acceptors (Lipinski definition) is 1. The van der Waals surface area contributed by atoms with Gasteiger partial charge in [-0.3, -0.25) is 4.98 Å². The molecule has 0 atom stereocenters. The van der Waals surface area contributed by atoms with E-state index in [1.54, 1.807) is 0 Å². The van der Waals surface area contributed by atoms with Crippen LogP contribution in [0, 0.1) is 0 Å². The second-order valence-corrected chi connectivity index (χ2v) is 6.13. The molecule has 1 heterocycles. The molecule has 0 N–H and O–H groups in total. The van der Waals surface area contributed by atoms with Crippen LogP contribution in [-0.2, 0) is 19.3 Å². The molecule has 2 aromatic rings. The first kappa shape index (κ1) is 16.0. The summed E-state index contributed by atoms with van der Waals surface area (Å²) < 4.78 is 0.